The molecule has 2 aliphatic heterocycles. The first-order valence-corrected chi connectivity index (χ1v) is 7.01. The van der Waals surface area contributed by atoms with Gasteiger partial charge in [-0.1, -0.05) is 48.5 Å². The molecule has 2 aliphatic rings. The van der Waals surface area contributed by atoms with Crippen molar-refractivity contribution in [1.82, 2.24) is 26.3 Å². The summed E-state index contributed by atoms with van der Waals surface area (Å²) in [6, 6.07) is 16.2. The highest BCUT2D eigenvalue weighted by molar-refractivity contribution is 5.36. The molecule has 6 nitrogen and oxygen atoms in total. The van der Waals surface area contributed by atoms with Crippen molar-refractivity contribution in [3.8, 4) is 0 Å². The quantitative estimate of drug-likeness (QED) is 0.439. The Bertz CT molecular complexity index is 858. The fourth-order valence-electron chi connectivity index (χ4n) is 2.47. The van der Waals surface area contributed by atoms with Gasteiger partial charge in [-0.15, -0.1) is 0 Å². The molecule has 2 aromatic rings. The first-order valence-electron chi connectivity index (χ1n) is 7.01. The molecule has 4 N–H and O–H groups in total. The van der Waals surface area contributed by atoms with Crippen LogP contribution in [0.1, 0.15) is 0 Å². The van der Waals surface area contributed by atoms with Gasteiger partial charge in [-0.3, -0.25) is 10.9 Å². The van der Waals surface area contributed by atoms with Crippen LogP contribution in [0.25, 0.3) is 24.8 Å². The lowest BCUT2D eigenvalue weighted by atomic mass is 10.2. The van der Waals surface area contributed by atoms with Gasteiger partial charge in [-0.05, 0) is 5.23 Å². The zero-order chi connectivity index (χ0) is 14.9. The second-order valence-corrected chi connectivity index (χ2v) is 5.07. The largest absolute Gasteiger partial charge is 0.288 e. The number of nitrogens with zero attached hydrogens (tertiary/aromatic N) is 3. The van der Waals surface area contributed by atoms with E-state index in [1.807, 2.05) is 73.3 Å². The molecule has 2 aromatic carbocycles. The first-order chi connectivity index (χ1) is 10.8. The van der Waals surface area contributed by atoms with Crippen molar-refractivity contribution in [2.45, 2.75) is 0 Å². The maximum atomic E-state index is 6.20. The van der Waals surface area contributed by atoms with Gasteiger partial charge < -0.3 is 0 Å². The third kappa shape index (κ3) is 2.16. The molecule has 22 heavy (non-hydrogen) atoms. The van der Waals surface area contributed by atoms with Gasteiger partial charge in [0.15, 0.2) is 0 Å². The molecule has 4 rings (SSSR count). The standard InChI is InChI=1S/C16H16N6/c17-22(20-11-15-7-3-1-5-13(15)9-18-20)21-12-16-8-4-2-6-14(16)10-19-21/h1-12,18-19H,17H2. The van der Waals surface area contributed by atoms with E-state index in [9.17, 15) is 0 Å². The Kier molecular flexibility index (Phi) is 2.96. The van der Waals surface area contributed by atoms with Gasteiger partial charge in [0, 0.05) is 33.3 Å². The van der Waals surface area contributed by atoms with E-state index in [-0.39, 0.29) is 0 Å². The fraction of sp³-hybridized carbons (Fsp3) is 0. The number of nitrogens with one attached hydrogen (secondary N) is 2. The Labute approximate surface area is 127 Å². The lowest BCUT2D eigenvalue weighted by molar-refractivity contribution is -0.147. The molecule has 0 fully saturated rings. The molecule has 0 atom stereocenters. The minimum atomic E-state index is 1.10. The molecular formula is C16H16N6. The highest BCUT2D eigenvalue weighted by atomic mass is 16.1. The van der Waals surface area contributed by atoms with E-state index in [1.54, 1.807) is 10.2 Å². The van der Waals surface area contributed by atoms with Crippen molar-refractivity contribution in [2.75, 3.05) is 0 Å². The zero-order valence-electron chi connectivity index (χ0n) is 11.8. The first kappa shape index (κ1) is 12.8. The molecule has 2 heterocycles. The van der Waals surface area contributed by atoms with Gasteiger partial charge in [-0.25, -0.2) is 5.84 Å². The molecule has 0 aromatic heterocycles. The maximum absolute atomic E-state index is 6.20. The number of hydrogen-bond donors (Lipinski definition) is 3. The van der Waals surface area contributed by atoms with Gasteiger partial charge in [-0.2, -0.15) is 10.2 Å². The van der Waals surface area contributed by atoms with E-state index in [0.717, 1.165) is 20.9 Å². The monoisotopic (exact) mass is 292 g/mol. The van der Waals surface area contributed by atoms with Gasteiger partial charge in [0.1, 0.15) is 0 Å². The number of fused-ring (bicyclic) bond motifs is 2. The van der Waals surface area contributed by atoms with Gasteiger partial charge in [0.25, 0.3) is 0 Å². The number of hydrazine groups is 5. The Morgan fingerprint density at radius 2 is 1.09 bits per heavy atom. The summed E-state index contributed by atoms with van der Waals surface area (Å²) in [7, 11) is 0. The summed E-state index contributed by atoms with van der Waals surface area (Å²) in [5.74, 6) is 6.20. The van der Waals surface area contributed by atoms with Crippen LogP contribution in [0, 0.1) is 0 Å². The van der Waals surface area contributed by atoms with E-state index in [1.165, 1.54) is 5.23 Å². The van der Waals surface area contributed by atoms with Crippen molar-refractivity contribution < 1.29 is 0 Å². The van der Waals surface area contributed by atoms with E-state index in [0.29, 0.717) is 0 Å². The SMILES string of the molecule is NN(N1C=c2ccccc2=CN1)N1C=c2ccccc2=CN1. The number of hydrogen-bond acceptors (Lipinski definition) is 6. The summed E-state index contributed by atoms with van der Waals surface area (Å²) < 4.78 is 0. The minimum absolute atomic E-state index is 1.10. The second-order valence-electron chi connectivity index (χ2n) is 5.07. The average Bonchev–Trinajstić information content (AvgIpc) is 2.60. The lowest BCUT2D eigenvalue weighted by Gasteiger charge is -2.37. The molecule has 0 saturated heterocycles. The molecule has 0 unspecified atom stereocenters. The Hall–Kier alpha value is -2.96. The van der Waals surface area contributed by atoms with Crippen molar-refractivity contribution >= 4 is 24.8 Å². The van der Waals surface area contributed by atoms with Crippen LogP contribution < -0.4 is 37.6 Å². The van der Waals surface area contributed by atoms with Gasteiger partial charge >= 0.3 is 0 Å². The van der Waals surface area contributed by atoms with Crippen LogP contribution in [-0.2, 0) is 0 Å². The molecule has 0 aliphatic carbocycles. The topological polar surface area (TPSA) is 59.8 Å². The summed E-state index contributed by atoms with van der Waals surface area (Å²) in [6.07, 6.45) is 7.70. The number of benzene rings is 2. The molecular weight excluding hydrogens is 276 g/mol. The number of nitrogens with two attached hydrogens (primary N) is 1. The van der Waals surface area contributed by atoms with Crippen LogP contribution >= 0.6 is 0 Å². The molecule has 0 radical (unpaired) electrons. The minimum Gasteiger partial charge on any atom is -0.288 e. The van der Waals surface area contributed by atoms with Crippen molar-refractivity contribution in [1.29, 1.82) is 0 Å². The van der Waals surface area contributed by atoms with Crippen LogP contribution in [0.5, 0.6) is 0 Å². The predicted molar refractivity (Wildman–Crippen MR) is 85.2 cm³/mol. The zero-order valence-corrected chi connectivity index (χ0v) is 11.8. The number of rotatable bonds is 2. The Morgan fingerprint density at radius 1 is 0.682 bits per heavy atom. The summed E-state index contributed by atoms with van der Waals surface area (Å²) in [5, 5.41) is 9.30. The molecule has 0 spiro atoms. The van der Waals surface area contributed by atoms with Crippen LogP contribution in [-0.4, -0.2) is 15.5 Å². The molecule has 6 heteroatoms. The third-order valence-electron chi connectivity index (χ3n) is 3.66. The van der Waals surface area contributed by atoms with E-state index in [4.69, 9.17) is 5.84 Å². The summed E-state index contributed by atoms with van der Waals surface area (Å²) in [5.41, 5.74) is 6.27. The lowest BCUT2D eigenvalue weighted by Crippen LogP contribution is -2.63. The molecule has 0 bridgehead atoms. The van der Waals surface area contributed by atoms with Crippen molar-refractivity contribution in [2.24, 2.45) is 5.84 Å². The van der Waals surface area contributed by atoms with Gasteiger partial charge in [0.05, 0.1) is 12.4 Å². The highest BCUT2D eigenvalue weighted by Crippen LogP contribution is 1.98. The normalized spacial score (nSPS) is 15.2. The van der Waals surface area contributed by atoms with Crippen LogP contribution in [0.4, 0.5) is 0 Å². The van der Waals surface area contributed by atoms with Crippen molar-refractivity contribution in [3.05, 3.63) is 69.4 Å². The van der Waals surface area contributed by atoms with E-state index >= 15 is 0 Å². The highest BCUT2D eigenvalue weighted by Gasteiger charge is 2.15. The summed E-state index contributed by atoms with van der Waals surface area (Å²) in [4.78, 5) is 0. The second kappa shape index (κ2) is 5.10. The van der Waals surface area contributed by atoms with E-state index in [2.05, 4.69) is 10.9 Å². The summed E-state index contributed by atoms with van der Waals surface area (Å²) in [6.45, 7) is 0. The Balaban J connectivity index is 1.65. The predicted octanol–water partition coefficient (Wildman–Crippen LogP) is -2.02. The molecule has 0 saturated carbocycles. The maximum Gasteiger partial charge on any atom is 0.0510 e. The molecule has 110 valence electrons. The van der Waals surface area contributed by atoms with Crippen LogP contribution in [0.3, 0.4) is 0 Å². The van der Waals surface area contributed by atoms with Crippen molar-refractivity contribution in [3.63, 3.8) is 0 Å². The molecule has 0 amide bonds. The van der Waals surface area contributed by atoms with Gasteiger partial charge in [0.2, 0.25) is 0 Å². The Morgan fingerprint density at radius 3 is 1.55 bits per heavy atom. The third-order valence-corrected chi connectivity index (χ3v) is 3.66. The fourth-order valence-corrected chi connectivity index (χ4v) is 2.47. The summed E-state index contributed by atoms with van der Waals surface area (Å²) >= 11 is 0. The van der Waals surface area contributed by atoms with Crippen LogP contribution in [0.2, 0.25) is 0 Å². The van der Waals surface area contributed by atoms with Crippen LogP contribution in [0.15, 0.2) is 48.5 Å². The average molecular weight is 292 g/mol. The smallest absolute Gasteiger partial charge is 0.0510 e. The van der Waals surface area contributed by atoms with E-state index < -0.39 is 0 Å².